The zero-order chi connectivity index (χ0) is 16.6. The van der Waals surface area contributed by atoms with Gasteiger partial charge in [-0.05, 0) is 87.0 Å². The zero-order valence-corrected chi connectivity index (χ0v) is 15.9. The summed E-state index contributed by atoms with van der Waals surface area (Å²) in [4.78, 5) is 12.2. The van der Waals surface area contributed by atoms with Crippen molar-refractivity contribution in [2.75, 3.05) is 5.32 Å². The summed E-state index contributed by atoms with van der Waals surface area (Å²) < 4.78 is 0. The third kappa shape index (κ3) is 2.29. The Kier molecular flexibility index (Phi) is 3.10. The quantitative estimate of drug-likeness (QED) is 0.806. The summed E-state index contributed by atoms with van der Waals surface area (Å²) in [6.45, 7) is 2.39. The summed E-state index contributed by atoms with van der Waals surface area (Å²) in [6.07, 6.45) is 14.1. The lowest BCUT2D eigenvalue weighted by molar-refractivity contribution is 0.0106. The molecule has 0 spiro atoms. The SMILES string of the molecule is CC1CCc2sc3ncnc(NC45CC6CC(CC(C6)C4)C5)c3c2C1. The third-order valence-corrected chi connectivity index (χ3v) is 8.71. The second-order valence-corrected chi connectivity index (χ2v) is 10.7. The molecule has 3 nitrogen and oxygen atoms in total. The van der Waals surface area contributed by atoms with Crippen LogP contribution in [0.5, 0.6) is 0 Å². The molecular formula is C21H27N3S. The van der Waals surface area contributed by atoms with E-state index in [1.54, 1.807) is 16.8 Å². The van der Waals surface area contributed by atoms with Gasteiger partial charge in [0.05, 0.1) is 5.39 Å². The Hall–Kier alpha value is -1.16. The van der Waals surface area contributed by atoms with Gasteiger partial charge in [-0.3, -0.25) is 0 Å². The van der Waals surface area contributed by atoms with Crippen LogP contribution in [0.1, 0.15) is 62.3 Å². The molecule has 132 valence electrons. The van der Waals surface area contributed by atoms with Gasteiger partial charge >= 0.3 is 0 Å². The first-order chi connectivity index (χ1) is 12.2. The molecule has 2 heterocycles. The highest BCUT2D eigenvalue weighted by molar-refractivity contribution is 7.19. The van der Waals surface area contributed by atoms with Crippen molar-refractivity contribution in [3.05, 3.63) is 16.8 Å². The first kappa shape index (κ1) is 15.0. The Morgan fingerprint density at radius 2 is 1.80 bits per heavy atom. The van der Waals surface area contributed by atoms with Crippen molar-refractivity contribution < 1.29 is 0 Å². The molecule has 2 aromatic rings. The number of fused-ring (bicyclic) bond motifs is 3. The van der Waals surface area contributed by atoms with Crippen molar-refractivity contribution in [2.45, 2.75) is 70.3 Å². The lowest BCUT2D eigenvalue weighted by Crippen LogP contribution is -2.54. The van der Waals surface area contributed by atoms with E-state index in [1.165, 1.54) is 68.0 Å². The average Bonchev–Trinajstić information content (AvgIpc) is 2.92. The Bertz CT molecular complexity index is 804. The second kappa shape index (κ2) is 5.18. The standard InChI is InChI=1S/C21H27N3S/c1-12-2-3-17-16(4-12)18-19(22-11-23-20(18)25-17)24-21-8-13-5-14(9-21)7-15(6-13)10-21/h11-15H,2-10H2,1H3,(H,22,23,24). The topological polar surface area (TPSA) is 37.8 Å². The summed E-state index contributed by atoms with van der Waals surface area (Å²) in [7, 11) is 0. The number of anilines is 1. The number of rotatable bonds is 2. The van der Waals surface area contributed by atoms with Crippen LogP contribution in [0.2, 0.25) is 0 Å². The smallest absolute Gasteiger partial charge is 0.138 e. The second-order valence-electron chi connectivity index (χ2n) is 9.58. The highest BCUT2D eigenvalue weighted by Crippen LogP contribution is 2.57. The molecule has 0 aromatic carbocycles. The average molecular weight is 354 g/mol. The zero-order valence-electron chi connectivity index (χ0n) is 15.1. The van der Waals surface area contributed by atoms with Crippen molar-refractivity contribution in [1.82, 2.24) is 9.97 Å². The number of hydrogen-bond donors (Lipinski definition) is 1. The van der Waals surface area contributed by atoms with Gasteiger partial charge in [-0.1, -0.05) is 6.92 Å². The van der Waals surface area contributed by atoms with Gasteiger partial charge in [-0.15, -0.1) is 11.3 Å². The van der Waals surface area contributed by atoms with Crippen molar-refractivity contribution in [3.8, 4) is 0 Å². The highest BCUT2D eigenvalue weighted by Gasteiger charge is 2.51. The molecule has 0 saturated heterocycles. The largest absolute Gasteiger partial charge is 0.364 e. The molecule has 0 radical (unpaired) electrons. The van der Waals surface area contributed by atoms with E-state index in [1.807, 2.05) is 11.3 Å². The van der Waals surface area contributed by atoms with E-state index in [2.05, 4.69) is 17.2 Å². The predicted molar refractivity (Wildman–Crippen MR) is 103 cm³/mol. The number of aryl methyl sites for hydroxylation is 1. The molecule has 4 saturated carbocycles. The minimum absolute atomic E-state index is 0.325. The maximum atomic E-state index is 4.77. The summed E-state index contributed by atoms with van der Waals surface area (Å²) in [5.74, 6) is 4.84. The van der Waals surface area contributed by atoms with Crippen LogP contribution in [0.4, 0.5) is 5.82 Å². The minimum Gasteiger partial charge on any atom is -0.364 e. The van der Waals surface area contributed by atoms with Crippen molar-refractivity contribution >= 4 is 27.4 Å². The van der Waals surface area contributed by atoms with Crippen LogP contribution < -0.4 is 5.32 Å². The summed E-state index contributed by atoms with van der Waals surface area (Å²) in [6, 6.07) is 0. The van der Waals surface area contributed by atoms with Crippen LogP contribution in [0.15, 0.2) is 6.33 Å². The first-order valence-corrected chi connectivity index (χ1v) is 11.0. The minimum atomic E-state index is 0.325. The molecule has 0 amide bonds. The number of nitrogens with one attached hydrogen (secondary N) is 1. The van der Waals surface area contributed by atoms with Crippen molar-refractivity contribution in [1.29, 1.82) is 0 Å². The van der Waals surface area contributed by atoms with E-state index in [9.17, 15) is 0 Å². The van der Waals surface area contributed by atoms with Gasteiger partial charge in [0.15, 0.2) is 0 Å². The molecule has 25 heavy (non-hydrogen) atoms. The molecule has 5 aliphatic carbocycles. The predicted octanol–water partition coefficient (Wildman–Crippen LogP) is 5.20. The normalized spacial score (nSPS) is 38.9. The lowest BCUT2D eigenvalue weighted by atomic mass is 9.53. The number of thiophene rings is 1. The van der Waals surface area contributed by atoms with E-state index >= 15 is 0 Å². The van der Waals surface area contributed by atoms with E-state index in [0.717, 1.165) is 29.5 Å². The molecule has 1 N–H and O–H groups in total. The Labute approximate surface area is 153 Å². The summed E-state index contributed by atoms with van der Waals surface area (Å²) in [5.41, 5.74) is 1.89. The molecule has 2 aromatic heterocycles. The monoisotopic (exact) mass is 353 g/mol. The van der Waals surface area contributed by atoms with E-state index in [0.29, 0.717) is 5.54 Å². The van der Waals surface area contributed by atoms with Crippen LogP contribution in [0.25, 0.3) is 10.2 Å². The number of nitrogens with zero attached hydrogens (tertiary/aromatic N) is 2. The van der Waals surface area contributed by atoms with Gasteiger partial charge < -0.3 is 5.32 Å². The molecular weight excluding hydrogens is 326 g/mol. The molecule has 1 atom stereocenters. The summed E-state index contributed by atoms with van der Waals surface area (Å²) in [5, 5.41) is 5.40. The van der Waals surface area contributed by atoms with E-state index in [-0.39, 0.29) is 0 Å². The van der Waals surface area contributed by atoms with Crippen LogP contribution in [-0.2, 0) is 12.8 Å². The van der Waals surface area contributed by atoms with Crippen LogP contribution >= 0.6 is 11.3 Å². The van der Waals surface area contributed by atoms with Gasteiger partial charge in [0.2, 0.25) is 0 Å². The Morgan fingerprint density at radius 1 is 1.08 bits per heavy atom. The van der Waals surface area contributed by atoms with Crippen LogP contribution in [-0.4, -0.2) is 15.5 Å². The van der Waals surface area contributed by atoms with E-state index in [4.69, 9.17) is 4.98 Å². The lowest BCUT2D eigenvalue weighted by Gasteiger charge is -2.57. The van der Waals surface area contributed by atoms with Gasteiger partial charge in [0, 0.05) is 10.4 Å². The van der Waals surface area contributed by atoms with Crippen molar-refractivity contribution in [2.24, 2.45) is 23.7 Å². The number of hydrogen-bond acceptors (Lipinski definition) is 4. The van der Waals surface area contributed by atoms with Crippen LogP contribution in [0.3, 0.4) is 0 Å². The molecule has 1 unspecified atom stereocenters. The fourth-order valence-electron chi connectivity index (χ4n) is 6.89. The number of aromatic nitrogens is 2. The first-order valence-electron chi connectivity index (χ1n) is 10.2. The highest BCUT2D eigenvalue weighted by atomic mass is 32.1. The molecule has 4 heteroatoms. The molecule has 7 rings (SSSR count). The third-order valence-electron chi connectivity index (χ3n) is 7.51. The molecule has 0 aliphatic heterocycles. The fourth-order valence-corrected chi connectivity index (χ4v) is 8.08. The van der Waals surface area contributed by atoms with E-state index < -0.39 is 0 Å². The van der Waals surface area contributed by atoms with Crippen molar-refractivity contribution in [3.63, 3.8) is 0 Å². The maximum absolute atomic E-state index is 4.77. The Balaban J connectivity index is 1.42. The van der Waals surface area contributed by atoms with Crippen LogP contribution in [0, 0.1) is 23.7 Å². The molecule has 4 bridgehead atoms. The fraction of sp³-hybridized carbons (Fsp3) is 0.714. The maximum Gasteiger partial charge on any atom is 0.138 e. The molecule has 4 fully saturated rings. The van der Waals surface area contributed by atoms with Gasteiger partial charge in [-0.25, -0.2) is 9.97 Å². The van der Waals surface area contributed by atoms with Gasteiger partial charge in [-0.2, -0.15) is 0 Å². The van der Waals surface area contributed by atoms with Gasteiger partial charge in [0.25, 0.3) is 0 Å². The summed E-state index contributed by atoms with van der Waals surface area (Å²) >= 11 is 1.92. The Morgan fingerprint density at radius 3 is 2.52 bits per heavy atom. The molecule has 5 aliphatic rings. The van der Waals surface area contributed by atoms with Gasteiger partial charge in [0.1, 0.15) is 17.0 Å².